The molecule has 6 aromatic rings. The van der Waals surface area contributed by atoms with Crippen molar-refractivity contribution >= 4 is 22.8 Å². The highest BCUT2D eigenvalue weighted by atomic mass is 16.5. The molecule has 0 saturated heterocycles. The molecule has 7 rings (SSSR count). The van der Waals surface area contributed by atoms with Gasteiger partial charge in [0, 0.05) is 6.20 Å². The van der Waals surface area contributed by atoms with Crippen LogP contribution in [0.2, 0.25) is 0 Å². The summed E-state index contributed by atoms with van der Waals surface area (Å²) in [6.07, 6.45) is 14.8. The third-order valence-corrected chi connectivity index (χ3v) is 7.84. The minimum Gasteiger partial charge on any atom is -0.459 e. The average Bonchev–Trinajstić information content (AvgIpc) is 3.35. The van der Waals surface area contributed by atoms with Crippen molar-refractivity contribution in [3.05, 3.63) is 151 Å². The normalized spacial score (nSPS) is 14.1. The summed E-state index contributed by atoms with van der Waals surface area (Å²) in [4.78, 5) is 4.51. The summed E-state index contributed by atoms with van der Waals surface area (Å²) in [6, 6.07) is 33.4. The monoisotopic (exact) mass is 560 g/mol. The van der Waals surface area contributed by atoms with Crippen LogP contribution in [0.15, 0.2) is 121 Å². The van der Waals surface area contributed by atoms with Gasteiger partial charge in [-0.15, -0.1) is 4.98 Å². The molecule has 1 aliphatic carbocycles. The summed E-state index contributed by atoms with van der Waals surface area (Å²) in [5.41, 5.74) is 9.60. The van der Waals surface area contributed by atoms with Gasteiger partial charge < -0.3 is 18.4 Å². The first-order valence-corrected chi connectivity index (χ1v) is 14.4. The third kappa shape index (κ3) is 5.04. The molecule has 0 fully saturated rings. The van der Waals surface area contributed by atoms with E-state index in [4.69, 9.17) is 4.74 Å². The molecule has 43 heavy (non-hydrogen) atoms. The highest BCUT2D eigenvalue weighted by Gasteiger charge is 2.20. The van der Waals surface area contributed by atoms with E-state index in [0.29, 0.717) is 5.76 Å². The number of fused-ring (bicyclic) bond motifs is 4. The Bertz CT molecular complexity index is 2060. The Morgan fingerprint density at radius 1 is 0.791 bits per heavy atom. The predicted octanol–water partition coefficient (Wildman–Crippen LogP) is 7.03. The van der Waals surface area contributed by atoms with Crippen LogP contribution in [0.5, 0.6) is 5.75 Å². The molecular formula is C38H32N4O. The van der Waals surface area contributed by atoms with Crippen LogP contribution in [-0.2, 0) is 12.5 Å². The van der Waals surface area contributed by atoms with E-state index in [0.717, 1.165) is 56.0 Å². The molecule has 1 aliphatic rings. The molecule has 5 nitrogen and oxygen atoms in total. The van der Waals surface area contributed by atoms with E-state index in [-0.39, 0.29) is 5.41 Å². The predicted molar refractivity (Wildman–Crippen MR) is 169 cm³/mol. The first-order valence-electron chi connectivity index (χ1n) is 14.4. The fourth-order valence-corrected chi connectivity index (χ4v) is 5.56. The van der Waals surface area contributed by atoms with Crippen molar-refractivity contribution in [2.75, 3.05) is 0 Å². The molecule has 2 heterocycles. The zero-order valence-electron chi connectivity index (χ0n) is 24.7. The van der Waals surface area contributed by atoms with Crippen LogP contribution in [0.25, 0.3) is 39.6 Å². The van der Waals surface area contributed by atoms with Crippen molar-refractivity contribution in [1.82, 2.24) is 9.55 Å². The lowest BCUT2D eigenvalue weighted by Gasteiger charge is -2.24. The van der Waals surface area contributed by atoms with E-state index in [1.807, 2.05) is 46.6 Å². The number of rotatable bonds is 4. The summed E-state index contributed by atoms with van der Waals surface area (Å²) < 4.78 is 12.8. The SMILES string of the molecule is Cn1[c-][n+](-c2cccc(O/C3=C/c4ccccc4-c4ccccc4C([n+]4[c-]ncc(C(C)(C)C)c4)=C3)c2)c2ccccc21. The summed E-state index contributed by atoms with van der Waals surface area (Å²) in [6.45, 7) is 6.58. The Labute approximate surface area is 252 Å². The van der Waals surface area contributed by atoms with Crippen molar-refractivity contribution < 1.29 is 13.9 Å². The maximum atomic E-state index is 6.70. The molecule has 4 aromatic carbocycles. The number of nitrogens with zero attached hydrogens (tertiary/aromatic N) is 4. The van der Waals surface area contributed by atoms with E-state index in [9.17, 15) is 0 Å². The van der Waals surface area contributed by atoms with E-state index in [1.165, 1.54) is 0 Å². The molecule has 0 bridgehead atoms. The summed E-state index contributed by atoms with van der Waals surface area (Å²) in [5, 5.41) is 0. The van der Waals surface area contributed by atoms with Crippen LogP contribution in [0.3, 0.4) is 0 Å². The summed E-state index contributed by atoms with van der Waals surface area (Å²) in [5.74, 6) is 1.44. The minimum atomic E-state index is -0.0654. The van der Waals surface area contributed by atoms with Gasteiger partial charge in [-0.2, -0.15) is 0 Å². The van der Waals surface area contributed by atoms with Gasteiger partial charge in [0.05, 0.1) is 35.7 Å². The first kappa shape index (κ1) is 26.6. The maximum Gasteiger partial charge on any atom is 0.287 e. The van der Waals surface area contributed by atoms with E-state index in [1.54, 1.807) is 0 Å². The topological polar surface area (TPSA) is 34.8 Å². The second-order valence-corrected chi connectivity index (χ2v) is 11.9. The van der Waals surface area contributed by atoms with Crippen LogP contribution in [0.1, 0.15) is 37.5 Å². The number of aromatic nitrogens is 4. The van der Waals surface area contributed by atoms with Crippen LogP contribution < -0.4 is 13.9 Å². The molecule has 0 N–H and O–H groups in total. The minimum absolute atomic E-state index is 0.0654. The van der Waals surface area contributed by atoms with Gasteiger partial charge in [-0.25, -0.2) is 0 Å². The third-order valence-electron chi connectivity index (χ3n) is 7.84. The highest BCUT2D eigenvalue weighted by molar-refractivity contribution is 5.86. The smallest absolute Gasteiger partial charge is 0.287 e. The lowest BCUT2D eigenvalue weighted by molar-refractivity contribution is -0.588. The van der Waals surface area contributed by atoms with Gasteiger partial charge >= 0.3 is 0 Å². The standard InChI is InChI=1S/C38H32N4O/c1-38(2,3)28-23-39-25-41(24-28)37-22-31(20-27-12-5-6-15-32(27)33-16-7-8-17-34(33)37)43-30-14-11-13-29(21-30)42-26-40(4)35-18-9-10-19-36(35)42/h5-24H,1-4H3/b27-20?,31-20+,31-22?,33-32?,37-22?,37-34?. The van der Waals surface area contributed by atoms with Gasteiger partial charge in [0.1, 0.15) is 11.5 Å². The van der Waals surface area contributed by atoms with Gasteiger partial charge in [0.2, 0.25) is 6.33 Å². The molecule has 0 radical (unpaired) electrons. The Kier molecular flexibility index (Phi) is 6.51. The zero-order valence-corrected chi connectivity index (χ0v) is 24.7. The lowest BCUT2D eigenvalue weighted by Crippen LogP contribution is -2.36. The lowest BCUT2D eigenvalue weighted by atomic mass is 9.89. The fraction of sp³-hybridized carbons (Fsp3) is 0.132. The van der Waals surface area contributed by atoms with Crippen LogP contribution in [0, 0.1) is 12.7 Å². The molecule has 0 amide bonds. The molecule has 0 atom stereocenters. The van der Waals surface area contributed by atoms with Crippen molar-refractivity contribution in [3.63, 3.8) is 0 Å². The molecule has 210 valence electrons. The number of para-hydroxylation sites is 2. The van der Waals surface area contributed by atoms with Crippen LogP contribution in [0.4, 0.5) is 0 Å². The number of ether oxygens (including phenoxy) is 1. The van der Waals surface area contributed by atoms with E-state index >= 15 is 0 Å². The molecular weight excluding hydrogens is 528 g/mol. The number of benzene rings is 4. The Balaban J connectivity index is 1.38. The molecule has 0 unspecified atom stereocenters. The second kappa shape index (κ2) is 10.5. The quantitative estimate of drug-likeness (QED) is 0.172. The van der Waals surface area contributed by atoms with Crippen molar-refractivity contribution in [3.8, 4) is 22.6 Å². The number of imidazole rings is 1. The van der Waals surface area contributed by atoms with Gasteiger partial charge in [-0.3, -0.25) is 0 Å². The van der Waals surface area contributed by atoms with Gasteiger partial charge in [0.15, 0.2) is 0 Å². The summed E-state index contributed by atoms with van der Waals surface area (Å²) in [7, 11) is 2.01. The highest BCUT2D eigenvalue weighted by Crippen LogP contribution is 2.35. The molecule has 2 aromatic heterocycles. The van der Waals surface area contributed by atoms with Crippen molar-refractivity contribution in [2.24, 2.45) is 7.05 Å². The van der Waals surface area contributed by atoms with E-state index in [2.05, 4.69) is 134 Å². The first-order chi connectivity index (χ1) is 20.8. The molecule has 5 heteroatoms. The van der Waals surface area contributed by atoms with Crippen LogP contribution in [-0.4, -0.2) is 9.55 Å². The summed E-state index contributed by atoms with van der Waals surface area (Å²) >= 11 is 0. The second-order valence-electron chi connectivity index (χ2n) is 11.9. The fourth-order valence-electron chi connectivity index (χ4n) is 5.56. The Morgan fingerprint density at radius 2 is 1.53 bits per heavy atom. The number of hydrogen-bond acceptors (Lipinski definition) is 2. The average molecular weight is 561 g/mol. The van der Waals surface area contributed by atoms with E-state index < -0.39 is 0 Å². The molecule has 0 aliphatic heterocycles. The largest absolute Gasteiger partial charge is 0.459 e. The Morgan fingerprint density at radius 3 is 2.37 bits per heavy atom. The van der Waals surface area contributed by atoms with Crippen molar-refractivity contribution in [1.29, 1.82) is 0 Å². The van der Waals surface area contributed by atoms with Gasteiger partial charge in [0.25, 0.3) is 6.33 Å². The van der Waals surface area contributed by atoms with Gasteiger partial charge in [-0.05, 0) is 57.5 Å². The number of allylic oxidation sites excluding steroid dienone is 1. The van der Waals surface area contributed by atoms with Gasteiger partial charge in [-0.1, -0.05) is 106 Å². The van der Waals surface area contributed by atoms with Crippen LogP contribution >= 0.6 is 0 Å². The molecule has 0 saturated carbocycles. The Hall–Kier alpha value is -5.29. The number of hydrogen-bond donors (Lipinski definition) is 0. The maximum absolute atomic E-state index is 6.70. The van der Waals surface area contributed by atoms with Crippen molar-refractivity contribution in [2.45, 2.75) is 26.2 Å². The number of aryl methyl sites for hydroxylation is 1. The molecule has 0 spiro atoms. The zero-order chi connectivity index (χ0) is 29.6.